The molecule has 0 radical (unpaired) electrons. The van der Waals surface area contributed by atoms with Crippen molar-refractivity contribution < 1.29 is 14.3 Å². The van der Waals surface area contributed by atoms with Crippen molar-refractivity contribution in [2.45, 2.75) is 44.2 Å². The molecule has 110 valence electrons. The molecule has 1 saturated carbocycles. The number of methoxy groups -OCH3 is 1. The molecule has 1 fully saturated rings. The fourth-order valence-electron chi connectivity index (χ4n) is 2.84. The molecule has 0 spiro atoms. The van der Waals surface area contributed by atoms with Crippen LogP contribution >= 0.6 is 0 Å². The van der Waals surface area contributed by atoms with Gasteiger partial charge in [-0.1, -0.05) is 19.1 Å². The molecule has 0 aromatic heterocycles. The average Bonchev–Trinajstić information content (AvgIpc) is 2.91. The van der Waals surface area contributed by atoms with E-state index in [1.165, 1.54) is 12.7 Å². The summed E-state index contributed by atoms with van der Waals surface area (Å²) in [7, 11) is 3.23. The van der Waals surface area contributed by atoms with E-state index < -0.39 is 5.54 Å². The first kappa shape index (κ1) is 14.9. The van der Waals surface area contributed by atoms with Crippen molar-refractivity contribution in [3.63, 3.8) is 0 Å². The SMILES string of the molecule is CCc1cccc(OC2CCC(NC)(C(=O)OC)C2)c1. The lowest BCUT2D eigenvalue weighted by Gasteiger charge is -2.25. The van der Waals surface area contributed by atoms with Gasteiger partial charge in [-0.2, -0.15) is 0 Å². The minimum atomic E-state index is -0.595. The topological polar surface area (TPSA) is 47.6 Å². The molecule has 1 aromatic rings. The minimum absolute atomic E-state index is 0.0497. The summed E-state index contributed by atoms with van der Waals surface area (Å²) < 4.78 is 10.9. The quantitative estimate of drug-likeness (QED) is 0.839. The summed E-state index contributed by atoms with van der Waals surface area (Å²) in [6.45, 7) is 2.12. The van der Waals surface area contributed by atoms with Gasteiger partial charge in [0.05, 0.1) is 7.11 Å². The molecule has 1 aliphatic carbocycles. The molecule has 1 N–H and O–H groups in total. The van der Waals surface area contributed by atoms with Crippen molar-refractivity contribution in [3.05, 3.63) is 29.8 Å². The molecule has 1 aliphatic rings. The Kier molecular flexibility index (Phi) is 4.65. The smallest absolute Gasteiger partial charge is 0.326 e. The highest BCUT2D eigenvalue weighted by Gasteiger charge is 2.46. The first-order valence-electron chi connectivity index (χ1n) is 7.16. The summed E-state index contributed by atoms with van der Waals surface area (Å²) >= 11 is 0. The Bertz CT molecular complexity index is 475. The van der Waals surface area contributed by atoms with Gasteiger partial charge in [0.1, 0.15) is 17.4 Å². The number of likely N-dealkylation sites (N-methyl/N-ethyl adjacent to an activating group) is 1. The maximum Gasteiger partial charge on any atom is 0.326 e. The second-order valence-corrected chi connectivity index (χ2v) is 5.31. The summed E-state index contributed by atoms with van der Waals surface area (Å²) in [4.78, 5) is 11.9. The predicted molar refractivity (Wildman–Crippen MR) is 77.9 cm³/mol. The number of ether oxygens (including phenoxy) is 2. The minimum Gasteiger partial charge on any atom is -0.490 e. The normalized spacial score (nSPS) is 25.4. The van der Waals surface area contributed by atoms with Crippen LogP contribution in [0.1, 0.15) is 31.7 Å². The van der Waals surface area contributed by atoms with Gasteiger partial charge in [-0.25, -0.2) is 0 Å². The zero-order valence-electron chi connectivity index (χ0n) is 12.4. The van der Waals surface area contributed by atoms with Crippen LogP contribution in [0.4, 0.5) is 0 Å². The number of hydrogen-bond donors (Lipinski definition) is 1. The number of hydrogen-bond acceptors (Lipinski definition) is 4. The fourth-order valence-corrected chi connectivity index (χ4v) is 2.84. The van der Waals surface area contributed by atoms with E-state index >= 15 is 0 Å². The summed E-state index contributed by atoms with van der Waals surface area (Å²) in [5, 5.41) is 3.11. The van der Waals surface area contributed by atoms with Gasteiger partial charge in [0.15, 0.2) is 0 Å². The Morgan fingerprint density at radius 3 is 2.95 bits per heavy atom. The van der Waals surface area contributed by atoms with Crippen LogP contribution in [-0.2, 0) is 16.0 Å². The highest BCUT2D eigenvalue weighted by molar-refractivity contribution is 5.81. The third-order valence-electron chi connectivity index (χ3n) is 4.13. The van der Waals surface area contributed by atoms with E-state index in [-0.39, 0.29) is 12.1 Å². The summed E-state index contributed by atoms with van der Waals surface area (Å²) in [5.41, 5.74) is 0.662. The predicted octanol–water partition coefficient (Wildman–Crippen LogP) is 2.31. The molecule has 0 aliphatic heterocycles. The maximum atomic E-state index is 11.9. The van der Waals surface area contributed by atoms with Crippen LogP contribution < -0.4 is 10.1 Å². The van der Waals surface area contributed by atoms with Crippen molar-refractivity contribution in [3.8, 4) is 5.75 Å². The van der Waals surface area contributed by atoms with Crippen LogP contribution in [0, 0.1) is 0 Å². The van der Waals surface area contributed by atoms with Crippen LogP contribution in [0.5, 0.6) is 5.75 Å². The number of rotatable bonds is 5. The lowest BCUT2D eigenvalue weighted by Crippen LogP contribution is -2.49. The molecule has 4 nitrogen and oxygen atoms in total. The number of esters is 1. The Morgan fingerprint density at radius 2 is 2.30 bits per heavy atom. The van der Waals surface area contributed by atoms with Gasteiger partial charge in [0, 0.05) is 6.42 Å². The molecule has 1 aromatic carbocycles. The lowest BCUT2D eigenvalue weighted by atomic mass is 9.98. The molecular weight excluding hydrogens is 254 g/mol. The number of benzene rings is 1. The summed E-state index contributed by atoms with van der Waals surface area (Å²) in [6, 6.07) is 8.14. The van der Waals surface area contributed by atoms with E-state index in [4.69, 9.17) is 9.47 Å². The fraction of sp³-hybridized carbons (Fsp3) is 0.562. The van der Waals surface area contributed by atoms with E-state index in [0.29, 0.717) is 6.42 Å². The Morgan fingerprint density at radius 1 is 1.50 bits per heavy atom. The molecule has 0 heterocycles. The van der Waals surface area contributed by atoms with E-state index in [2.05, 4.69) is 24.4 Å². The van der Waals surface area contributed by atoms with Crippen molar-refractivity contribution in [1.29, 1.82) is 0 Å². The monoisotopic (exact) mass is 277 g/mol. The van der Waals surface area contributed by atoms with Crippen LogP contribution in [0.3, 0.4) is 0 Å². The Labute approximate surface area is 120 Å². The van der Waals surface area contributed by atoms with Crippen molar-refractivity contribution in [2.75, 3.05) is 14.2 Å². The van der Waals surface area contributed by atoms with Crippen LogP contribution in [0.15, 0.2) is 24.3 Å². The molecule has 0 amide bonds. The third-order valence-corrected chi connectivity index (χ3v) is 4.13. The lowest BCUT2D eigenvalue weighted by molar-refractivity contribution is -0.148. The van der Waals surface area contributed by atoms with Crippen LogP contribution in [0.2, 0.25) is 0 Å². The van der Waals surface area contributed by atoms with E-state index in [1.807, 2.05) is 12.1 Å². The highest BCUT2D eigenvalue weighted by Crippen LogP contribution is 2.33. The van der Waals surface area contributed by atoms with Gasteiger partial charge in [-0.3, -0.25) is 4.79 Å². The van der Waals surface area contributed by atoms with Gasteiger partial charge in [0.25, 0.3) is 0 Å². The van der Waals surface area contributed by atoms with Crippen molar-refractivity contribution >= 4 is 5.97 Å². The third kappa shape index (κ3) is 2.96. The average molecular weight is 277 g/mol. The van der Waals surface area contributed by atoms with E-state index in [0.717, 1.165) is 25.0 Å². The number of carbonyl (C=O) groups is 1. The zero-order chi connectivity index (χ0) is 14.6. The Balaban J connectivity index is 2.03. The molecular formula is C16H23NO3. The largest absolute Gasteiger partial charge is 0.490 e. The van der Waals surface area contributed by atoms with E-state index in [1.54, 1.807) is 7.05 Å². The Hall–Kier alpha value is -1.55. The van der Waals surface area contributed by atoms with Crippen LogP contribution in [0.25, 0.3) is 0 Å². The van der Waals surface area contributed by atoms with Crippen molar-refractivity contribution in [2.24, 2.45) is 0 Å². The molecule has 4 heteroatoms. The van der Waals surface area contributed by atoms with Gasteiger partial charge >= 0.3 is 5.97 Å². The second kappa shape index (κ2) is 6.27. The first-order chi connectivity index (χ1) is 9.63. The second-order valence-electron chi connectivity index (χ2n) is 5.31. The first-order valence-corrected chi connectivity index (χ1v) is 7.16. The van der Waals surface area contributed by atoms with Gasteiger partial charge in [0.2, 0.25) is 0 Å². The summed E-state index contributed by atoms with van der Waals surface area (Å²) in [6.07, 6.45) is 3.28. The molecule has 2 unspecified atom stereocenters. The number of nitrogens with one attached hydrogen (secondary N) is 1. The molecule has 20 heavy (non-hydrogen) atoms. The van der Waals surface area contributed by atoms with E-state index in [9.17, 15) is 4.79 Å². The van der Waals surface area contributed by atoms with Gasteiger partial charge in [-0.05, 0) is 44.0 Å². The number of carbonyl (C=O) groups excluding carboxylic acids is 1. The highest BCUT2D eigenvalue weighted by atomic mass is 16.5. The molecule has 0 bridgehead atoms. The van der Waals surface area contributed by atoms with Crippen molar-refractivity contribution in [1.82, 2.24) is 5.32 Å². The van der Waals surface area contributed by atoms with Gasteiger partial charge in [-0.15, -0.1) is 0 Å². The molecule has 2 atom stereocenters. The van der Waals surface area contributed by atoms with Crippen LogP contribution in [-0.4, -0.2) is 31.8 Å². The number of aryl methyl sites for hydroxylation is 1. The molecule has 2 rings (SSSR count). The maximum absolute atomic E-state index is 11.9. The zero-order valence-corrected chi connectivity index (χ0v) is 12.4. The standard InChI is InChI=1S/C16H23NO3/c1-4-12-6-5-7-13(10-12)20-14-8-9-16(11-14,17-2)15(18)19-3/h5-7,10,14,17H,4,8-9,11H2,1-3H3. The summed E-state index contributed by atoms with van der Waals surface area (Å²) in [5.74, 6) is 0.680. The van der Waals surface area contributed by atoms with Gasteiger partial charge < -0.3 is 14.8 Å². The molecule has 0 saturated heterocycles.